The molecule has 2 aromatic rings. The van der Waals surface area contributed by atoms with E-state index in [2.05, 4.69) is 50.7 Å². The standard InChI is InChI=1S/C18H15BrN2O3/c19-17-16(10-24-21-17)20-18(22)23-9-15-13-7-3-1-5-11(13)12-6-2-4-8-14(12)15/h1-8,15-16H,9-10H2,(H,20,22)/t16-/m0/s1. The molecule has 0 radical (unpaired) electrons. The predicted octanol–water partition coefficient (Wildman–Crippen LogP) is 3.63. The van der Waals surface area contributed by atoms with Crippen LogP contribution in [-0.2, 0) is 9.57 Å². The first-order valence-corrected chi connectivity index (χ1v) is 8.50. The van der Waals surface area contributed by atoms with E-state index in [-0.39, 0.29) is 12.0 Å². The van der Waals surface area contributed by atoms with Crippen LogP contribution in [0.1, 0.15) is 17.0 Å². The number of oxime groups is 1. The van der Waals surface area contributed by atoms with Crippen LogP contribution in [-0.4, -0.2) is 30.0 Å². The molecule has 0 fully saturated rings. The predicted molar refractivity (Wildman–Crippen MR) is 94.3 cm³/mol. The topological polar surface area (TPSA) is 59.9 Å². The number of hydrogen-bond donors (Lipinski definition) is 1. The number of carbonyl (C=O) groups excluding carboxylic acids is 1. The summed E-state index contributed by atoms with van der Waals surface area (Å²) in [5.41, 5.74) is 4.80. The lowest BCUT2D eigenvalue weighted by molar-refractivity contribution is 0.130. The molecule has 0 bridgehead atoms. The van der Waals surface area contributed by atoms with Crippen molar-refractivity contribution in [3.05, 3.63) is 59.7 Å². The van der Waals surface area contributed by atoms with E-state index < -0.39 is 6.09 Å². The molecule has 1 aliphatic carbocycles. The maximum atomic E-state index is 12.1. The number of fused-ring (bicyclic) bond motifs is 3. The molecule has 0 saturated heterocycles. The zero-order valence-electron chi connectivity index (χ0n) is 12.7. The average molecular weight is 387 g/mol. The van der Waals surface area contributed by atoms with Crippen molar-refractivity contribution >= 4 is 26.6 Å². The highest BCUT2D eigenvalue weighted by Gasteiger charge is 2.30. The molecule has 1 amide bonds. The number of amides is 1. The van der Waals surface area contributed by atoms with Crippen LogP contribution in [0.5, 0.6) is 0 Å². The van der Waals surface area contributed by atoms with Crippen LogP contribution in [0.3, 0.4) is 0 Å². The lowest BCUT2D eigenvalue weighted by atomic mass is 9.98. The minimum atomic E-state index is -0.473. The first-order valence-electron chi connectivity index (χ1n) is 7.71. The van der Waals surface area contributed by atoms with Gasteiger partial charge in [-0.05, 0) is 38.2 Å². The Morgan fingerprint density at radius 2 is 1.79 bits per heavy atom. The summed E-state index contributed by atoms with van der Waals surface area (Å²) in [7, 11) is 0. The number of benzene rings is 2. The van der Waals surface area contributed by atoms with Gasteiger partial charge in [0.25, 0.3) is 0 Å². The SMILES string of the molecule is O=C(N[C@H]1CON=C1Br)OCC1c2ccccc2-c2ccccc21. The number of alkyl carbamates (subject to hydrolysis) is 1. The first kappa shape index (κ1) is 15.2. The fraction of sp³-hybridized carbons (Fsp3) is 0.222. The Hall–Kier alpha value is -2.34. The van der Waals surface area contributed by atoms with Crippen molar-refractivity contribution in [2.24, 2.45) is 5.16 Å². The second-order valence-electron chi connectivity index (χ2n) is 5.73. The summed E-state index contributed by atoms with van der Waals surface area (Å²) in [4.78, 5) is 17.0. The maximum Gasteiger partial charge on any atom is 0.407 e. The van der Waals surface area contributed by atoms with Gasteiger partial charge in [0.2, 0.25) is 0 Å². The Morgan fingerprint density at radius 1 is 1.17 bits per heavy atom. The number of hydrogen-bond acceptors (Lipinski definition) is 4. The minimum absolute atomic E-state index is 0.0556. The Labute approximate surface area is 147 Å². The molecule has 0 spiro atoms. The fourth-order valence-electron chi connectivity index (χ4n) is 3.19. The van der Waals surface area contributed by atoms with Crippen molar-refractivity contribution < 1.29 is 14.4 Å². The van der Waals surface area contributed by atoms with Crippen molar-refractivity contribution in [3.8, 4) is 11.1 Å². The van der Waals surface area contributed by atoms with Crippen molar-refractivity contribution in [2.45, 2.75) is 12.0 Å². The minimum Gasteiger partial charge on any atom is -0.449 e. The Kier molecular flexibility index (Phi) is 3.98. The highest BCUT2D eigenvalue weighted by molar-refractivity contribution is 9.18. The van der Waals surface area contributed by atoms with E-state index in [0.717, 1.165) is 0 Å². The van der Waals surface area contributed by atoms with E-state index in [0.29, 0.717) is 17.8 Å². The molecule has 122 valence electrons. The van der Waals surface area contributed by atoms with Gasteiger partial charge < -0.3 is 14.9 Å². The summed E-state index contributed by atoms with van der Waals surface area (Å²) in [5, 5.41) is 6.47. The van der Waals surface area contributed by atoms with E-state index in [1.165, 1.54) is 22.3 Å². The molecule has 0 aromatic heterocycles. The third-order valence-electron chi connectivity index (χ3n) is 4.32. The molecular weight excluding hydrogens is 372 g/mol. The molecule has 24 heavy (non-hydrogen) atoms. The summed E-state index contributed by atoms with van der Waals surface area (Å²) in [5.74, 6) is 0.0556. The summed E-state index contributed by atoms with van der Waals surface area (Å²) in [6.07, 6.45) is -0.473. The van der Waals surface area contributed by atoms with Crippen LogP contribution in [0.2, 0.25) is 0 Å². The van der Waals surface area contributed by atoms with Gasteiger partial charge in [0.1, 0.15) is 23.9 Å². The third-order valence-corrected chi connectivity index (χ3v) is 5.01. The van der Waals surface area contributed by atoms with Crippen LogP contribution >= 0.6 is 15.9 Å². The van der Waals surface area contributed by atoms with Crippen LogP contribution < -0.4 is 5.32 Å². The fourth-order valence-corrected chi connectivity index (χ4v) is 3.54. The maximum absolute atomic E-state index is 12.1. The van der Waals surface area contributed by atoms with Gasteiger partial charge in [-0.2, -0.15) is 0 Å². The van der Waals surface area contributed by atoms with E-state index in [4.69, 9.17) is 9.57 Å². The molecule has 1 heterocycles. The van der Waals surface area contributed by atoms with Crippen molar-refractivity contribution in [1.29, 1.82) is 0 Å². The Balaban J connectivity index is 1.49. The number of halogens is 1. The highest BCUT2D eigenvalue weighted by Crippen LogP contribution is 2.44. The number of rotatable bonds is 3. The van der Waals surface area contributed by atoms with E-state index in [1.54, 1.807) is 0 Å². The van der Waals surface area contributed by atoms with Gasteiger partial charge in [0, 0.05) is 5.92 Å². The van der Waals surface area contributed by atoms with Gasteiger partial charge in [0.15, 0.2) is 0 Å². The molecule has 2 aliphatic rings. The Morgan fingerprint density at radius 3 is 2.38 bits per heavy atom. The van der Waals surface area contributed by atoms with Crippen molar-refractivity contribution in [3.63, 3.8) is 0 Å². The normalized spacial score (nSPS) is 18.4. The van der Waals surface area contributed by atoms with Crippen LogP contribution in [0, 0.1) is 0 Å². The molecule has 5 nitrogen and oxygen atoms in total. The van der Waals surface area contributed by atoms with Gasteiger partial charge >= 0.3 is 6.09 Å². The summed E-state index contributed by atoms with van der Waals surface area (Å²) >= 11 is 3.25. The molecule has 1 N–H and O–H groups in total. The number of ether oxygens (including phenoxy) is 1. The summed E-state index contributed by atoms with van der Waals surface area (Å²) < 4.78 is 6.03. The highest BCUT2D eigenvalue weighted by atomic mass is 79.9. The molecule has 1 atom stereocenters. The molecule has 6 heteroatoms. The second kappa shape index (κ2) is 6.28. The largest absolute Gasteiger partial charge is 0.449 e. The van der Waals surface area contributed by atoms with Crippen LogP contribution in [0.25, 0.3) is 11.1 Å². The van der Waals surface area contributed by atoms with Gasteiger partial charge in [-0.15, -0.1) is 0 Å². The summed E-state index contributed by atoms with van der Waals surface area (Å²) in [6, 6.07) is 16.2. The van der Waals surface area contributed by atoms with Gasteiger partial charge in [-0.1, -0.05) is 53.7 Å². The second-order valence-corrected chi connectivity index (χ2v) is 6.54. The quantitative estimate of drug-likeness (QED) is 0.875. The lowest BCUT2D eigenvalue weighted by Gasteiger charge is -2.15. The van der Waals surface area contributed by atoms with Gasteiger partial charge in [-0.25, -0.2) is 4.79 Å². The van der Waals surface area contributed by atoms with E-state index >= 15 is 0 Å². The number of nitrogens with one attached hydrogen (secondary N) is 1. The smallest absolute Gasteiger partial charge is 0.407 e. The molecule has 1 aliphatic heterocycles. The zero-order valence-corrected chi connectivity index (χ0v) is 14.3. The van der Waals surface area contributed by atoms with Gasteiger partial charge in [0.05, 0.1) is 0 Å². The molecule has 0 saturated carbocycles. The third kappa shape index (κ3) is 2.67. The molecule has 0 unspecified atom stereocenters. The van der Waals surface area contributed by atoms with E-state index in [9.17, 15) is 4.79 Å². The molecule has 2 aromatic carbocycles. The summed E-state index contributed by atoms with van der Waals surface area (Å²) in [6.45, 7) is 0.604. The van der Waals surface area contributed by atoms with Crippen molar-refractivity contribution in [2.75, 3.05) is 13.2 Å². The molecule has 4 rings (SSSR count). The number of nitrogens with zero attached hydrogens (tertiary/aromatic N) is 1. The first-order chi connectivity index (χ1) is 11.7. The zero-order chi connectivity index (χ0) is 16.5. The monoisotopic (exact) mass is 386 g/mol. The average Bonchev–Trinajstić information content (AvgIpc) is 3.15. The molecular formula is C18H15BrN2O3. The van der Waals surface area contributed by atoms with Crippen LogP contribution in [0.15, 0.2) is 53.7 Å². The van der Waals surface area contributed by atoms with Crippen molar-refractivity contribution in [1.82, 2.24) is 5.32 Å². The van der Waals surface area contributed by atoms with Gasteiger partial charge in [-0.3, -0.25) is 0 Å². The lowest BCUT2D eigenvalue weighted by Crippen LogP contribution is -2.39. The number of carbonyl (C=O) groups is 1. The Bertz CT molecular complexity index is 776. The van der Waals surface area contributed by atoms with Crippen LogP contribution in [0.4, 0.5) is 4.79 Å². The van der Waals surface area contributed by atoms with E-state index in [1.807, 2.05) is 24.3 Å².